The van der Waals surface area contributed by atoms with Crippen molar-refractivity contribution in [2.24, 2.45) is 0 Å². The Morgan fingerprint density at radius 1 is 1.21 bits per heavy atom. The molecule has 3 aliphatic rings. The largest absolute Gasteiger partial charge is 0.489 e. The Balaban J connectivity index is 1.33. The van der Waals surface area contributed by atoms with E-state index >= 15 is 0 Å². The van der Waals surface area contributed by atoms with Gasteiger partial charge in [0, 0.05) is 46.9 Å². The minimum absolute atomic E-state index is 0.0291. The lowest BCUT2D eigenvalue weighted by atomic mass is 9.71. The number of hydrogen-bond acceptors (Lipinski definition) is 5. The summed E-state index contributed by atoms with van der Waals surface area (Å²) in [7, 11) is 0. The number of ether oxygens (including phenoxy) is 2. The van der Waals surface area contributed by atoms with Crippen molar-refractivity contribution in [1.82, 2.24) is 9.88 Å². The van der Waals surface area contributed by atoms with Crippen LogP contribution in [0.1, 0.15) is 59.4 Å². The Bertz CT molecular complexity index is 1320. The molecule has 2 N–H and O–H groups in total. The molecule has 34 heavy (non-hydrogen) atoms. The van der Waals surface area contributed by atoms with Gasteiger partial charge >= 0.3 is 0 Å². The van der Waals surface area contributed by atoms with E-state index in [9.17, 15) is 4.79 Å². The van der Waals surface area contributed by atoms with Gasteiger partial charge in [0.25, 0.3) is 0 Å². The van der Waals surface area contributed by atoms with Crippen LogP contribution in [0.25, 0.3) is 10.9 Å². The first-order chi connectivity index (χ1) is 16.4. The van der Waals surface area contributed by atoms with Crippen LogP contribution >= 0.6 is 15.9 Å². The molecule has 0 radical (unpaired) electrons. The van der Waals surface area contributed by atoms with Gasteiger partial charge in [-0.1, -0.05) is 26.0 Å². The second kappa shape index (κ2) is 8.04. The number of carbonyl (C=O) groups excluding carboxylic acids is 1. The van der Waals surface area contributed by atoms with E-state index in [0.29, 0.717) is 11.6 Å². The second-order valence-corrected chi connectivity index (χ2v) is 11.0. The van der Waals surface area contributed by atoms with Crippen molar-refractivity contribution in [3.05, 3.63) is 62.8 Å². The predicted octanol–water partition coefficient (Wildman–Crippen LogP) is 5.04. The minimum atomic E-state index is -0.394. The van der Waals surface area contributed by atoms with Gasteiger partial charge in [-0.3, -0.25) is 9.69 Å². The highest BCUT2D eigenvalue weighted by atomic mass is 79.9. The van der Waals surface area contributed by atoms with Gasteiger partial charge in [-0.05, 0) is 58.1 Å². The number of fused-ring (bicyclic) bond motifs is 4. The molecule has 3 heterocycles. The van der Waals surface area contributed by atoms with E-state index in [2.05, 4.69) is 45.7 Å². The quantitative estimate of drug-likeness (QED) is 0.471. The monoisotopic (exact) mass is 521 g/mol. The van der Waals surface area contributed by atoms with Crippen molar-refractivity contribution in [3.63, 3.8) is 0 Å². The minimum Gasteiger partial charge on any atom is -0.489 e. The molecule has 0 bridgehead atoms. The normalized spacial score (nSPS) is 20.6. The average Bonchev–Trinajstić information content (AvgIpc) is 3.19. The van der Waals surface area contributed by atoms with Crippen molar-refractivity contribution in [2.45, 2.75) is 44.2 Å². The Labute approximate surface area is 207 Å². The summed E-state index contributed by atoms with van der Waals surface area (Å²) in [6.07, 6.45) is 3.47. The fourth-order valence-electron chi connectivity index (χ4n) is 5.60. The van der Waals surface area contributed by atoms with Crippen LogP contribution in [0.2, 0.25) is 0 Å². The Morgan fingerprint density at radius 2 is 1.97 bits per heavy atom. The Hall–Kier alpha value is -2.48. The van der Waals surface area contributed by atoms with Gasteiger partial charge in [-0.25, -0.2) is 0 Å². The number of halogens is 1. The molecule has 0 amide bonds. The zero-order valence-corrected chi connectivity index (χ0v) is 21.0. The molecule has 3 aromatic rings. The zero-order valence-electron chi connectivity index (χ0n) is 19.4. The second-order valence-electron chi connectivity index (χ2n) is 10.2. The van der Waals surface area contributed by atoms with Gasteiger partial charge in [0.2, 0.25) is 0 Å². The van der Waals surface area contributed by atoms with Crippen LogP contribution in [-0.4, -0.2) is 60.3 Å². The number of likely N-dealkylation sites (tertiary alicyclic amines) is 1. The van der Waals surface area contributed by atoms with E-state index in [-0.39, 0.29) is 11.9 Å². The number of benzene rings is 2. The highest BCUT2D eigenvalue weighted by Crippen LogP contribution is 2.46. The van der Waals surface area contributed by atoms with Gasteiger partial charge < -0.3 is 19.9 Å². The predicted molar refractivity (Wildman–Crippen MR) is 136 cm³/mol. The van der Waals surface area contributed by atoms with E-state index in [1.807, 2.05) is 24.3 Å². The van der Waals surface area contributed by atoms with Crippen LogP contribution in [0.5, 0.6) is 5.75 Å². The molecular formula is C27H28BrN3O3. The summed E-state index contributed by atoms with van der Waals surface area (Å²) >= 11 is 3.69. The summed E-state index contributed by atoms with van der Waals surface area (Å²) in [6, 6.07) is 10.3. The summed E-state index contributed by atoms with van der Waals surface area (Å²) in [5.41, 5.74) is 4.65. The molecule has 6 rings (SSSR count). The summed E-state index contributed by atoms with van der Waals surface area (Å²) in [5.74, 6) is 0.831. The highest BCUT2D eigenvalue weighted by molar-refractivity contribution is 9.10. The van der Waals surface area contributed by atoms with E-state index in [0.717, 1.165) is 82.7 Å². The number of nitrogens with zero attached hydrogens (tertiary/aromatic N) is 1. The van der Waals surface area contributed by atoms with Crippen molar-refractivity contribution >= 4 is 38.8 Å². The van der Waals surface area contributed by atoms with Crippen LogP contribution in [0.4, 0.5) is 0 Å². The molecule has 0 spiro atoms. The third kappa shape index (κ3) is 3.36. The van der Waals surface area contributed by atoms with Crippen LogP contribution in [0.15, 0.2) is 34.8 Å². The first kappa shape index (κ1) is 22.0. The fourth-order valence-corrected chi connectivity index (χ4v) is 6.04. The lowest BCUT2D eigenvalue weighted by molar-refractivity contribution is -0.0778. The number of nitrogens with one attached hydrogen (secondary N) is 2. The maximum atomic E-state index is 13.7. The van der Waals surface area contributed by atoms with Crippen LogP contribution < -0.4 is 4.74 Å². The van der Waals surface area contributed by atoms with Gasteiger partial charge in [-0.15, -0.1) is 0 Å². The standard InChI is InChI=1S/C27H28BrN3O3/c1-27(2)20-11-23(34-17-5-7-31(8-6-17)16-13-33-14-16)21(28)10-19(20)25(32)24-18-4-3-15(12-29)9-22(18)30-26(24)27/h3-4,9-12,16-17,29-30H,5-8,13-14H2,1-2H3. The Kier molecular flexibility index (Phi) is 5.20. The third-order valence-electron chi connectivity index (χ3n) is 7.74. The highest BCUT2D eigenvalue weighted by Gasteiger charge is 2.40. The molecule has 7 heteroatoms. The van der Waals surface area contributed by atoms with Crippen molar-refractivity contribution < 1.29 is 14.3 Å². The van der Waals surface area contributed by atoms with Crippen molar-refractivity contribution in [1.29, 1.82) is 5.41 Å². The number of aromatic amines is 1. The molecule has 2 aliphatic heterocycles. The summed E-state index contributed by atoms with van der Waals surface area (Å²) in [6.45, 7) is 8.07. The molecule has 2 saturated heterocycles. The molecule has 1 aromatic heterocycles. The third-order valence-corrected chi connectivity index (χ3v) is 8.36. The molecule has 6 nitrogen and oxygen atoms in total. The number of piperidine rings is 1. The van der Waals surface area contributed by atoms with Crippen LogP contribution in [0.3, 0.4) is 0 Å². The van der Waals surface area contributed by atoms with Crippen LogP contribution in [-0.2, 0) is 10.2 Å². The lowest BCUT2D eigenvalue weighted by Gasteiger charge is -2.41. The summed E-state index contributed by atoms with van der Waals surface area (Å²) in [4.78, 5) is 19.7. The number of hydrogen-bond donors (Lipinski definition) is 2. The molecule has 0 atom stereocenters. The number of aromatic nitrogens is 1. The number of carbonyl (C=O) groups is 1. The molecule has 176 valence electrons. The lowest BCUT2D eigenvalue weighted by Crippen LogP contribution is -2.52. The van der Waals surface area contributed by atoms with Crippen molar-refractivity contribution in [2.75, 3.05) is 26.3 Å². The Morgan fingerprint density at radius 3 is 2.65 bits per heavy atom. The van der Waals surface area contributed by atoms with Gasteiger partial charge in [0.15, 0.2) is 5.78 Å². The van der Waals surface area contributed by atoms with E-state index < -0.39 is 5.41 Å². The SMILES string of the molecule is CC1(C)c2cc(OC3CCN(C4COC4)CC3)c(Br)cc2C(=O)c2c1[nH]c1cc(C=N)ccc21. The molecule has 0 saturated carbocycles. The summed E-state index contributed by atoms with van der Waals surface area (Å²) in [5, 5.41) is 8.48. The number of rotatable bonds is 4. The maximum absolute atomic E-state index is 13.7. The molecule has 1 aliphatic carbocycles. The first-order valence-electron chi connectivity index (χ1n) is 11.9. The van der Waals surface area contributed by atoms with Crippen molar-refractivity contribution in [3.8, 4) is 5.75 Å². The number of H-pyrrole nitrogens is 1. The zero-order chi connectivity index (χ0) is 23.6. The van der Waals surface area contributed by atoms with Gasteiger partial charge in [-0.2, -0.15) is 0 Å². The number of ketones is 1. The molecule has 2 aromatic carbocycles. The van der Waals surface area contributed by atoms with Crippen LogP contribution in [0, 0.1) is 5.41 Å². The van der Waals surface area contributed by atoms with E-state index in [4.69, 9.17) is 14.9 Å². The van der Waals surface area contributed by atoms with E-state index in [1.165, 1.54) is 6.21 Å². The topological polar surface area (TPSA) is 78.4 Å². The maximum Gasteiger partial charge on any atom is 0.195 e. The first-order valence-corrected chi connectivity index (χ1v) is 12.7. The average molecular weight is 522 g/mol. The fraction of sp³-hybridized carbons (Fsp3) is 0.407. The van der Waals surface area contributed by atoms with Gasteiger partial charge in [0.05, 0.1) is 29.3 Å². The summed E-state index contributed by atoms with van der Waals surface area (Å²) < 4.78 is 12.6. The molecular weight excluding hydrogens is 494 g/mol. The van der Waals surface area contributed by atoms with E-state index in [1.54, 1.807) is 0 Å². The van der Waals surface area contributed by atoms with Gasteiger partial charge in [0.1, 0.15) is 11.9 Å². The molecule has 0 unspecified atom stereocenters. The molecule has 2 fully saturated rings. The smallest absolute Gasteiger partial charge is 0.195 e.